The molecule has 0 bridgehead atoms. The summed E-state index contributed by atoms with van der Waals surface area (Å²) in [6.07, 6.45) is 4.31. The summed E-state index contributed by atoms with van der Waals surface area (Å²) in [7, 11) is 3.23. The first-order valence-corrected chi connectivity index (χ1v) is 6.84. The molecule has 2 saturated heterocycles. The van der Waals surface area contributed by atoms with Gasteiger partial charge in [-0.3, -0.25) is 14.7 Å². The largest absolute Gasteiger partial charge is 0.382 e. The molecule has 21 heavy (non-hydrogen) atoms. The number of anilines is 2. The Hall–Kier alpha value is -2.38. The number of nitrogens with zero attached hydrogens (tertiary/aromatic N) is 5. The zero-order valence-electron chi connectivity index (χ0n) is 12.1. The number of aromatic nitrogens is 2. The number of urea groups is 1. The Morgan fingerprint density at radius 1 is 1.19 bits per heavy atom. The average Bonchev–Trinajstić information content (AvgIpc) is 2.65. The first-order chi connectivity index (χ1) is 9.95. The fraction of sp³-hybridized carbons (Fsp3) is 0.538. The number of likely N-dealkylation sites (N-methyl/N-ethyl adjacent to an activating group) is 2. The maximum Gasteiger partial charge on any atom is 0.327 e. The van der Waals surface area contributed by atoms with Crippen LogP contribution in [-0.4, -0.2) is 64.4 Å². The molecule has 0 atom stereocenters. The topological polar surface area (TPSA) is 95.7 Å². The van der Waals surface area contributed by atoms with Crippen LogP contribution in [0.4, 0.5) is 16.4 Å². The lowest BCUT2D eigenvalue weighted by Crippen LogP contribution is -2.55. The minimum atomic E-state index is -0.712. The van der Waals surface area contributed by atoms with Gasteiger partial charge in [0.2, 0.25) is 0 Å². The van der Waals surface area contributed by atoms with E-state index in [1.807, 2.05) is 4.90 Å². The van der Waals surface area contributed by atoms with Gasteiger partial charge >= 0.3 is 6.03 Å². The second-order valence-electron chi connectivity index (χ2n) is 5.53. The van der Waals surface area contributed by atoms with Crippen molar-refractivity contribution in [2.45, 2.75) is 18.4 Å². The molecule has 8 nitrogen and oxygen atoms in total. The van der Waals surface area contributed by atoms with Gasteiger partial charge in [-0.2, -0.15) is 0 Å². The molecule has 3 rings (SSSR count). The van der Waals surface area contributed by atoms with Crippen molar-refractivity contribution in [3.8, 4) is 0 Å². The van der Waals surface area contributed by atoms with Crippen molar-refractivity contribution in [3.63, 3.8) is 0 Å². The summed E-state index contributed by atoms with van der Waals surface area (Å²) in [4.78, 5) is 37.5. The molecule has 0 saturated carbocycles. The maximum absolute atomic E-state index is 12.4. The highest BCUT2D eigenvalue weighted by atomic mass is 16.2. The van der Waals surface area contributed by atoms with Crippen LogP contribution in [0.15, 0.2) is 12.4 Å². The predicted molar refractivity (Wildman–Crippen MR) is 76.6 cm³/mol. The molecule has 8 heteroatoms. The first-order valence-electron chi connectivity index (χ1n) is 6.84. The number of nitrogens with two attached hydrogens (primary N) is 1. The van der Waals surface area contributed by atoms with Gasteiger partial charge in [-0.1, -0.05) is 0 Å². The van der Waals surface area contributed by atoms with Gasteiger partial charge < -0.3 is 15.5 Å². The van der Waals surface area contributed by atoms with Gasteiger partial charge in [-0.25, -0.2) is 9.78 Å². The predicted octanol–water partition coefficient (Wildman–Crippen LogP) is -0.0784. The zero-order chi connectivity index (χ0) is 15.2. The lowest BCUT2D eigenvalue weighted by atomic mass is 9.86. The molecule has 0 aromatic carbocycles. The van der Waals surface area contributed by atoms with Gasteiger partial charge in [-0.05, 0) is 12.8 Å². The van der Waals surface area contributed by atoms with Crippen LogP contribution < -0.4 is 10.6 Å². The molecule has 2 aliphatic rings. The Bertz CT molecular complexity index is 596. The summed E-state index contributed by atoms with van der Waals surface area (Å²) in [6, 6.07) is -0.239. The van der Waals surface area contributed by atoms with Gasteiger partial charge in [0.1, 0.15) is 17.2 Å². The normalized spacial score (nSPS) is 21.5. The SMILES string of the molecule is CN1C(=O)N(C)C2(CCN(c3cncc(N)n3)CC2)C1=O. The van der Waals surface area contributed by atoms with Crippen molar-refractivity contribution in [1.29, 1.82) is 0 Å². The number of piperidine rings is 1. The molecule has 3 heterocycles. The molecule has 112 valence electrons. The number of amides is 3. The zero-order valence-corrected chi connectivity index (χ0v) is 12.1. The standard InChI is InChI=1S/C13H18N6O2/c1-17-11(20)13(18(2)12(17)21)3-5-19(6-4-13)10-8-15-7-9(14)16-10/h7-8H,3-6H2,1-2H3,(H2,14,16). The third-order valence-electron chi connectivity index (χ3n) is 4.47. The van der Waals surface area contributed by atoms with Crippen molar-refractivity contribution < 1.29 is 9.59 Å². The molecule has 1 aromatic rings. The Morgan fingerprint density at radius 2 is 1.86 bits per heavy atom. The van der Waals surface area contributed by atoms with E-state index in [1.165, 1.54) is 18.1 Å². The van der Waals surface area contributed by atoms with E-state index >= 15 is 0 Å². The van der Waals surface area contributed by atoms with Gasteiger partial charge in [0.05, 0.1) is 12.4 Å². The van der Waals surface area contributed by atoms with Crippen LogP contribution in [0.3, 0.4) is 0 Å². The third-order valence-corrected chi connectivity index (χ3v) is 4.47. The second-order valence-corrected chi connectivity index (χ2v) is 5.53. The highest BCUT2D eigenvalue weighted by Gasteiger charge is 2.55. The van der Waals surface area contributed by atoms with E-state index in [1.54, 1.807) is 18.1 Å². The highest BCUT2D eigenvalue weighted by molar-refractivity contribution is 6.06. The van der Waals surface area contributed by atoms with Crippen LogP contribution >= 0.6 is 0 Å². The van der Waals surface area contributed by atoms with E-state index in [2.05, 4.69) is 9.97 Å². The molecule has 2 fully saturated rings. The number of nitrogen functional groups attached to an aromatic ring is 1. The smallest absolute Gasteiger partial charge is 0.327 e. The minimum absolute atomic E-state index is 0.117. The Balaban J connectivity index is 1.79. The summed E-state index contributed by atoms with van der Waals surface area (Å²) in [6.45, 7) is 1.27. The van der Waals surface area contributed by atoms with E-state index in [9.17, 15) is 9.59 Å². The molecular weight excluding hydrogens is 272 g/mol. The van der Waals surface area contributed by atoms with Crippen molar-refractivity contribution in [1.82, 2.24) is 19.8 Å². The van der Waals surface area contributed by atoms with Crippen molar-refractivity contribution in [2.75, 3.05) is 37.8 Å². The van der Waals surface area contributed by atoms with Crippen molar-refractivity contribution >= 4 is 23.6 Å². The van der Waals surface area contributed by atoms with E-state index in [4.69, 9.17) is 5.73 Å². The van der Waals surface area contributed by atoms with E-state index in [0.29, 0.717) is 37.6 Å². The fourth-order valence-electron chi connectivity index (χ4n) is 3.13. The average molecular weight is 290 g/mol. The van der Waals surface area contributed by atoms with Crippen LogP contribution in [0.1, 0.15) is 12.8 Å². The maximum atomic E-state index is 12.4. The number of imide groups is 1. The molecule has 1 spiro atoms. The van der Waals surface area contributed by atoms with Gasteiger partial charge in [0.15, 0.2) is 0 Å². The molecule has 2 aliphatic heterocycles. The number of carbonyl (C=O) groups is 2. The number of hydrogen-bond acceptors (Lipinski definition) is 6. The number of carbonyl (C=O) groups excluding carboxylic acids is 2. The van der Waals surface area contributed by atoms with Crippen LogP contribution in [-0.2, 0) is 4.79 Å². The Morgan fingerprint density at radius 3 is 2.38 bits per heavy atom. The third kappa shape index (κ3) is 1.90. The van der Waals surface area contributed by atoms with Crippen LogP contribution in [0, 0.1) is 0 Å². The summed E-state index contributed by atoms with van der Waals surface area (Å²) in [5.41, 5.74) is 4.94. The molecule has 2 N–H and O–H groups in total. The molecule has 0 unspecified atom stereocenters. The number of rotatable bonds is 1. The van der Waals surface area contributed by atoms with Gasteiger partial charge in [0, 0.05) is 27.2 Å². The van der Waals surface area contributed by atoms with Crippen LogP contribution in [0.25, 0.3) is 0 Å². The highest BCUT2D eigenvalue weighted by Crippen LogP contribution is 2.36. The monoisotopic (exact) mass is 290 g/mol. The Labute approximate surface area is 122 Å². The van der Waals surface area contributed by atoms with Crippen LogP contribution in [0.5, 0.6) is 0 Å². The minimum Gasteiger partial charge on any atom is -0.382 e. The lowest BCUT2D eigenvalue weighted by molar-refractivity contribution is -0.133. The fourth-order valence-corrected chi connectivity index (χ4v) is 3.13. The lowest BCUT2D eigenvalue weighted by Gasteiger charge is -2.41. The number of hydrogen-bond donors (Lipinski definition) is 1. The second kappa shape index (κ2) is 4.57. The van der Waals surface area contributed by atoms with Gasteiger partial charge in [0.25, 0.3) is 5.91 Å². The van der Waals surface area contributed by atoms with Gasteiger partial charge in [-0.15, -0.1) is 0 Å². The van der Waals surface area contributed by atoms with E-state index in [0.717, 1.165) is 0 Å². The summed E-state index contributed by atoms with van der Waals surface area (Å²) >= 11 is 0. The summed E-state index contributed by atoms with van der Waals surface area (Å²) in [5, 5.41) is 0. The summed E-state index contributed by atoms with van der Waals surface area (Å²) < 4.78 is 0. The molecule has 1 aromatic heterocycles. The van der Waals surface area contributed by atoms with E-state index < -0.39 is 5.54 Å². The molecule has 3 amide bonds. The van der Waals surface area contributed by atoms with Crippen LogP contribution in [0.2, 0.25) is 0 Å². The molecule has 0 aliphatic carbocycles. The Kier molecular flexibility index (Phi) is 2.96. The first kappa shape index (κ1) is 13.6. The molecule has 0 radical (unpaired) electrons. The summed E-state index contributed by atoms with van der Waals surface area (Å²) in [5.74, 6) is 0.961. The quantitative estimate of drug-likeness (QED) is 0.727. The van der Waals surface area contributed by atoms with Crippen molar-refractivity contribution in [3.05, 3.63) is 12.4 Å². The van der Waals surface area contributed by atoms with Crippen molar-refractivity contribution in [2.24, 2.45) is 0 Å². The van der Waals surface area contributed by atoms with E-state index in [-0.39, 0.29) is 11.9 Å². The molecular formula is C13H18N6O2.